The molecule has 0 bridgehead atoms. The van der Waals surface area contributed by atoms with Gasteiger partial charge in [-0.25, -0.2) is 4.39 Å². The summed E-state index contributed by atoms with van der Waals surface area (Å²) in [4.78, 5) is 11.3. The first-order chi connectivity index (χ1) is 12.8. The zero-order valence-corrected chi connectivity index (χ0v) is 17.4. The number of hydrogen-bond acceptors (Lipinski definition) is 3. The minimum absolute atomic E-state index is 0. The third-order valence-electron chi connectivity index (χ3n) is 3.94. The summed E-state index contributed by atoms with van der Waals surface area (Å²) in [6, 6.07) is 8.47. The van der Waals surface area contributed by atoms with Crippen LogP contribution in [0.5, 0.6) is 5.75 Å². The molecule has 8 heteroatoms. The highest BCUT2D eigenvalue weighted by atomic mass is 127. The van der Waals surface area contributed by atoms with E-state index in [0.717, 1.165) is 28.6 Å². The Bertz CT molecular complexity index is 869. The third-order valence-corrected chi connectivity index (χ3v) is 3.94. The van der Waals surface area contributed by atoms with Gasteiger partial charge in [-0.15, -0.1) is 24.0 Å². The fourth-order valence-corrected chi connectivity index (χ4v) is 2.66. The van der Waals surface area contributed by atoms with E-state index in [0.29, 0.717) is 25.7 Å². The Kier molecular flexibility index (Phi) is 8.31. The van der Waals surface area contributed by atoms with Crippen LogP contribution in [0.2, 0.25) is 0 Å². The van der Waals surface area contributed by atoms with E-state index in [1.54, 1.807) is 31.6 Å². The van der Waals surface area contributed by atoms with E-state index < -0.39 is 0 Å². The van der Waals surface area contributed by atoms with Crippen molar-refractivity contribution in [2.24, 2.45) is 4.99 Å². The van der Waals surface area contributed by atoms with Gasteiger partial charge in [0.2, 0.25) is 0 Å². The number of halogens is 2. The quantitative estimate of drug-likeness (QED) is 0.209. The summed E-state index contributed by atoms with van der Waals surface area (Å²) in [5, 5.41) is 7.36. The van der Waals surface area contributed by atoms with Crippen molar-refractivity contribution in [1.82, 2.24) is 20.6 Å². The Morgan fingerprint density at radius 2 is 2.11 bits per heavy atom. The average molecular weight is 483 g/mol. The van der Waals surface area contributed by atoms with Crippen LogP contribution in [0.4, 0.5) is 4.39 Å². The molecular formula is C19H23FIN5O. The first-order valence-corrected chi connectivity index (χ1v) is 8.49. The predicted octanol–water partition coefficient (Wildman–Crippen LogP) is 3.11. The summed E-state index contributed by atoms with van der Waals surface area (Å²) < 4.78 is 19.0. The highest BCUT2D eigenvalue weighted by Gasteiger charge is 2.05. The predicted molar refractivity (Wildman–Crippen MR) is 116 cm³/mol. The number of aliphatic imine (C=N–C) groups is 1. The standard InChI is InChI=1S/C19H22FN5O.HI/c1-21-19(24-9-10-26-16-3-2-7-22-13-16)23-8-6-14-12-25-18-5-4-15(20)11-17(14)18;/h2-5,7,11-13,25H,6,8-10H2,1H3,(H2,21,23,24);1H. The second-order valence-corrected chi connectivity index (χ2v) is 5.72. The molecule has 27 heavy (non-hydrogen) atoms. The molecule has 0 atom stereocenters. The van der Waals surface area contributed by atoms with Gasteiger partial charge in [-0.05, 0) is 42.3 Å². The first kappa shape index (κ1) is 20.9. The number of aromatic amines is 1. The molecule has 0 amide bonds. The number of fused-ring (bicyclic) bond motifs is 1. The maximum Gasteiger partial charge on any atom is 0.191 e. The zero-order chi connectivity index (χ0) is 18.2. The Morgan fingerprint density at radius 3 is 2.89 bits per heavy atom. The monoisotopic (exact) mass is 483 g/mol. The molecule has 2 aromatic heterocycles. The lowest BCUT2D eigenvalue weighted by Gasteiger charge is -2.12. The van der Waals surface area contributed by atoms with Gasteiger partial charge < -0.3 is 20.4 Å². The molecule has 0 aliphatic heterocycles. The number of rotatable bonds is 7. The second-order valence-electron chi connectivity index (χ2n) is 5.72. The number of nitrogens with one attached hydrogen (secondary N) is 3. The number of pyridine rings is 1. The maximum absolute atomic E-state index is 13.4. The molecule has 0 fully saturated rings. The van der Waals surface area contributed by atoms with Crippen LogP contribution >= 0.6 is 24.0 Å². The molecule has 0 spiro atoms. The molecule has 3 aromatic rings. The van der Waals surface area contributed by atoms with Crippen LogP contribution in [0.15, 0.2) is 53.9 Å². The third kappa shape index (κ3) is 6.09. The molecule has 0 saturated heterocycles. The van der Waals surface area contributed by atoms with Gasteiger partial charge in [0.05, 0.1) is 12.7 Å². The minimum Gasteiger partial charge on any atom is -0.490 e. The number of nitrogens with zero attached hydrogens (tertiary/aromatic N) is 2. The fourth-order valence-electron chi connectivity index (χ4n) is 2.66. The largest absolute Gasteiger partial charge is 0.490 e. The van der Waals surface area contributed by atoms with Gasteiger partial charge in [0, 0.05) is 36.9 Å². The smallest absolute Gasteiger partial charge is 0.191 e. The van der Waals surface area contributed by atoms with Crippen molar-refractivity contribution in [3.63, 3.8) is 0 Å². The highest BCUT2D eigenvalue weighted by molar-refractivity contribution is 14.0. The van der Waals surface area contributed by atoms with Gasteiger partial charge in [-0.2, -0.15) is 0 Å². The van der Waals surface area contributed by atoms with Crippen molar-refractivity contribution >= 4 is 40.8 Å². The van der Waals surface area contributed by atoms with E-state index in [2.05, 4.69) is 25.6 Å². The van der Waals surface area contributed by atoms with Crippen molar-refractivity contribution in [1.29, 1.82) is 0 Å². The van der Waals surface area contributed by atoms with E-state index in [1.807, 2.05) is 18.3 Å². The number of ether oxygens (including phenoxy) is 1. The Balaban J connectivity index is 0.00000261. The molecule has 1 aromatic carbocycles. The molecule has 6 nitrogen and oxygen atoms in total. The highest BCUT2D eigenvalue weighted by Crippen LogP contribution is 2.19. The molecular weight excluding hydrogens is 460 g/mol. The molecule has 0 aliphatic carbocycles. The van der Waals surface area contributed by atoms with Crippen molar-refractivity contribution in [3.05, 3.63) is 60.3 Å². The van der Waals surface area contributed by atoms with Crippen LogP contribution in [0.3, 0.4) is 0 Å². The summed E-state index contributed by atoms with van der Waals surface area (Å²) in [6.07, 6.45) is 6.07. The van der Waals surface area contributed by atoms with E-state index in [1.165, 1.54) is 6.07 Å². The van der Waals surface area contributed by atoms with Gasteiger partial charge in [0.1, 0.15) is 18.2 Å². The maximum atomic E-state index is 13.4. The lowest BCUT2D eigenvalue weighted by Crippen LogP contribution is -2.40. The SMILES string of the molecule is CN=C(NCCOc1cccnc1)NCCc1c[nH]c2ccc(F)cc12.I. The van der Waals surface area contributed by atoms with Crippen molar-refractivity contribution in [3.8, 4) is 5.75 Å². The summed E-state index contributed by atoms with van der Waals surface area (Å²) >= 11 is 0. The molecule has 3 N–H and O–H groups in total. The summed E-state index contributed by atoms with van der Waals surface area (Å²) in [5.74, 6) is 1.21. The zero-order valence-electron chi connectivity index (χ0n) is 15.0. The summed E-state index contributed by atoms with van der Waals surface area (Å²) in [6.45, 7) is 1.81. The van der Waals surface area contributed by atoms with Gasteiger partial charge >= 0.3 is 0 Å². The molecule has 144 valence electrons. The lowest BCUT2D eigenvalue weighted by molar-refractivity contribution is 0.320. The normalized spacial score (nSPS) is 11.1. The Morgan fingerprint density at radius 1 is 1.26 bits per heavy atom. The van der Waals surface area contributed by atoms with Crippen LogP contribution < -0.4 is 15.4 Å². The lowest BCUT2D eigenvalue weighted by atomic mass is 10.1. The Hall–Kier alpha value is -2.36. The fraction of sp³-hybridized carbons (Fsp3) is 0.263. The summed E-state index contributed by atoms with van der Waals surface area (Å²) in [5.41, 5.74) is 2.01. The second kappa shape index (κ2) is 10.7. The van der Waals surface area contributed by atoms with E-state index >= 15 is 0 Å². The average Bonchev–Trinajstić information content (AvgIpc) is 3.06. The molecule has 3 rings (SSSR count). The van der Waals surface area contributed by atoms with Crippen molar-refractivity contribution < 1.29 is 9.13 Å². The van der Waals surface area contributed by atoms with E-state index in [9.17, 15) is 4.39 Å². The molecule has 2 heterocycles. The van der Waals surface area contributed by atoms with Gasteiger partial charge in [0.15, 0.2) is 5.96 Å². The van der Waals surface area contributed by atoms with Gasteiger partial charge in [-0.3, -0.25) is 9.98 Å². The van der Waals surface area contributed by atoms with Crippen LogP contribution in [-0.2, 0) is 6.42 Å². The van der Waals surface area contributed by atoms with Gasteiger partial charge in [-0.1, -0.05) is 0 Å². The molecule has 0 unspecified atom stereocenters. The molecule has 0 saturated carbocycles. The number of benzene rings is 1. The topological polar surface area (TPSA) is 74.3 Å². The number of H-pyrrole nitrogens is 1. The van der Waals surface area contributed by atoms with Crippen LogP contribution in [0.1, 0.15) is 5.56 Å². The number of guanidine groups is 1. The molecule has 0 aliphatic rings. The number of aromatic nitrogens is 2. The minimum atomic E-state index is -0.225. The Labute approximate surface area is 174 Å². The van der Waals surface area contributed by atoms with Crippen LogP contribution in [-0.4, -0.2) is 42.7 Å². The summed E-state index contributed by atoms with van der Waals surface area (Å²) in [7, 11) is 1.72. The van der Waals surface area contributed by atoms with E-state index in [4.69, 9.17) is 4.74 Å². The van der Waals surface area contributed by atoms with E-state index in [-0.39, 0.29) is 29.8 Å². The van der Waals surface area contributed by atoms with Gasteiger partial charge in [0.25, 0.3) is 0 Å². The van der Waals surface area contributed by atoms with Crippen molar-refractivity contribution in [2.45, 2.75) is 6.42 Å². The number of hydrogen-bond donors (Lipinski definition) is 3. The van der Waals surface area contributed by atoms with Crippen LogP contribution in [0.25, 0.3) is 10.9 Å². The first-order valence-electron chi connectivity index (χ1n) is 8.49. The van der Waals surface area contributed by atoms with Crippen LogP contribution in [0, 0.1) is 5.82 Å². The molecule has 0 radical (unpaired) electrons. The van der Waals surface area contributed by atoms with Crippen molar-refractivity contribution in [2.75, 3.05) is 26.7 Å².